The van der Waals surface area contributed by atoms with Crippen LogP contribution in [0.5, 0.6) is 0 Å². The van der Waals surface area contributed by atoms with E-state index in [0.29, 0.717) is 62.9 Å². The van der Waals surface area contributed by atoms with Gasteiger partial charge in [0.05, 0.1) is 29.0 Å². The topological polar surface area (TPSA) is 153 Å². The van der Waals surface area contributed by atoms with E-state index < -0.39 is 35.7 Å². The van der Waals surface area contributed by atoms with Crippen molar-refractivity contribution in [2.45, 2.75) is 88.8 Å². The van der Waals surface area contributed by atoms with Crippen LogP contribution in [-0.4, -0.2) is 76.3 Å². The molecule has 1 atom stereocenters. The van der Waals surface area contributed by atoms with Gasteiger partial charge in [-0.3, -0.25) is 13.4 Å². The summed E-state index contributed by atoms with van der Waals surface area (Å²) in [6.07, 6.45) is 11.3. The molecule has 0 aromatic heterocycles. The lowest BCUT2D eigenvalue weighted by molar-refractivity contribution is 0.466. The quantitative estimate of drug-likeness (QED) is 0.100. The summed E-state index contributed by atoms with van der Waals surface area (Å²) >= 11 is 0. The molecule has 14 heteroatoms. The minimum atomic E-state index is -4.07. The Morgan fingerprint density at radius 3 is 1.93 bits per heavy atom. The van der Waals surface area contributed by atoms with Crippen molar-refractivity contribution in [3.05, 3.63) is 142 Å². The van der Waals surface area contributed by atoms with Crippen LogP contribution in [0.1, 0.15) is 82.9 Å². The van der Waals surface area contributed by atoms with Crippen molar-refractivity contribution in [3.63, 3.8) is 0 Å². The van der Waals surface area contributed by atoms with Crippen molar-refractivity contribution in [1.29, 1.82) is 0 Å². The summed E-state index contributed by atoms with van der Waals surface area (Å²) in [5, 5.41) is 0. The number of unbranched alkanes of at least 4 members (excludes halogenated alkanes) is 2. The highest BCUT2D eigenvalue weighted by atomic mass is 32.2. The van der Waals surface area contributed by atoms with Crippen LogP contribution < -0.4 is 9.80 Å². The van der Waals surface area contributed by atoms with E-state index in [1.165, 1.54) is 9.87 Å². The molecule has 0 saturated heterocycles. The summed E-state index contributed by atoms with van der Waals surface area (Å²) in [7, 11) is -10.3. The molecule has 1 aliphatic carbocycles. The van der Waals surface area contributed by atoms with Crippen LogP contribution in [0.3, 0.4) is 0 Å². The Labute approximate surface area is 351 Å². The highest BCUT2D eigenvalue weighted by Crippen LogP contribution is 2.49. The average Bonchev–Trinajstić information content (AvgIpc) is 3.74. The predicted molar refractivity (Wildman–Crippen MR) is 237 cm³/mol. The third-order valence-electron chi connectivity index (χ3n) is 12.0. The molecule has 11 nitrogen and oxygen atoms in total. The SMILES string of the molecule is CN(C1=C(/C=C/C2N(CCCCS(=O)(=O)O)c3ccccc3C2(C)C)CC/C1=C\C=C1\N(CCCCS(=O)(=O)O)c2ccccc2C1(C)C)S(=O)(=O)Cc1ccccc1. The smallest absolute Gasteiger partial charge is 0.264 e. The minimum Gasteiger partial charge on any atom is -0.364 e. The standard InChI is InChI=1S/C45H57N3O8S3/c1-44(2)37-19-9-11-21-39(37)47(29-13-15-31-58(51,52)53)41(44)27-25-35-23-24-36(43(35)46(5)57(49,50)33-34-17-7-6-8-18-34)26-28-42-45(3,4)38-20-10-12-22-40(38)48(42)30-14-16-32-59(54,55)56/h6-12,17-22,25-28,41H,13-16,23-24,29-33H2,1-5H3,(H,51,52,53)(H,54,55,56)/b27-25+,36-26+,42-28+. The van der Waals surface area contributed by atoms with Crippen molar-refractivity contribution < 1.29 is 34.4 Å². The third-order valence-corrected chi connectivity index (χ3v) is 15.3. The van der Waals surface area contributed by atoms with Gasteiger partial charge < -0.3 is 9.80 Å². The largest absolute Gasteiger partial charge is 0.364 e. The second kappa shape index (κ2) is 17.4. The van der Waals surface area contributed by atoms with E-state index in [-0.39, 0.29) is 28.7 Å². The van der Waals surface area contributed by atoms with Crippen LogP contribution in [0.15, 0.2) is 126 Å². The molecule has 6 rings (SSSR count). The zero-order valence-electron chi connectivity index (χ0n) is 34.6. The summed E-state index contributed by atoms with van der Waals surface area (Å²) in [6, 6.07) is 25.4. The van der Waals surface area contributed by atoms with Gasteiger partial charge in [-0.15, -0.1) is 0 Å². The van der Waals surface area contributed by atoms with E-state index in [0.717, 1.165) is 33.8 Å². The van der Waals surface area contributed by atoms with Gasteiger partial charge in [0.15, 0.2) is 0 Å². The summed E-state index contributed by atoms with van der Waals surface area (Å²) in [5.74, 6) is -0.771. The van der Waals surface area contributed by atoms with Gasteiger partial charge in [-0.2, -0.15) is 16.8 Å². The number of anilines is 2. The fraction of sp³-hybridized carbons (Fsp3) is 0.422. The van der Waals surface area contributed by atoms with E-state index in [2.05, 4.69) is 80.0 Å². The van der Waals surface area contributed by atoms with Gasteiger partial charge >= 0.3 is 0 Å². The first-order valence-electron chi connectivity index (χ1n) is 20.2. The van der Waals surface area contributed by atoms with Crippen LogP contribution >= 0.6 is 0 Å². The van der Waals surface area contributed by atoms with Gasteiger partial charge in [-0.1, -0.05) is 113 Å². The van der Waals surface area contributed by atoms with Crippen molar-refractivity contribution in [2.75, 3.05) is 41.4 Å². The molecule has 59 heavy (non-hydrogen) atoms. The van der Waals surface area contributed by atoms with Gasteiger partial charge in [0.25, 0.3) is 20.2 Å². The fourth-order valence-electron chi connectivity index (χ4n) is 8.92. The zero-order chi connectivity index (χ0) is 42.8. The monoisotopic (exact) mass is 863 g/mol. The van der Waals surface area contributed by atoms with E-state index in [4.69, 9.17) is 0 Å². The number of allylic oxidation sites excluding steroid dienone is 6. The van der Waals surface area contributed by atoms with Crippen molar-refractivity contribution in [3.8, 4) is 0 Å². The number of nitrogens with zero attached hydrogens (tertiary/aromatic N) is 3. The molecule has 2 N–H and O–H groups in total. The summed E-state index contributed by atoms with van der Waals surface area (Å²) in [6.45, 7) is 9.80. The molecule has 318 valence electrons. The lowest BCUT2D eigenvalue weighted by Crippen LogP contribution is -2.40. The van der Waals surface area contributed by atoms with Crippen LogP contribution in [-0.2, 0) is 46.8 Å². The van der Waals surface area contributed by atoms with Crippen molar-refractivity contribution in [1.82, 2.24) is 4.31 Å². The third kappa shape index (κ3) is 10.1. The molecule has 0 fully saturated rings. The minimum absolute atomic E-state index is 0.118. The Morgan fingerprint density at radius 2 is 1.29 bits per heavy atom. The van der Waals surface area contributed by atoms with E-state index in [9.17, 15) is 34.4 Å². The molecule has 3 aromatic rings. The Morgan fingerprint density at radius 1 is 0.712 bits per heavy atom. The van der Waals surface area contributed by atoms with Gasteiger partial charge in [-0.05, 0) is 84.6 Å². The number of likely N-dealkylation sites (N-methyl/N-ethyl adjacent to an activating group) is 1. The summed E-state index contributed by atoms with van der Waals surface area (Å²) in [4.78, 5) is 4.49. The Balaban J connectivity index is 1.39. The number of benzene rings is 3. The van der Waals surface area contributed by atoms with Crippen LogP contribution in [0.2, 0.25) is 0 Å². The van der Waals surface area contributed by atoms with Gasteiger partial charge in [0.1, 0.15) is 0 Å². The molecule has 1 unspecified atom stereocenters. The Hall–Kier alpha value is -4.21. The molecular weight excluding hydrogens is 807 g/mol. The van der Waals surface area contributed by atoms with Gasteiger partial charge in [0.2, 0.25) is 10.0 Å². The van der Waals surface area contributed by atoms with Gasteiger partial charge in [0, 0.05) is 48.0 Å². The molecule has 2 heterocycles. The normalized spacial score (nSPS) is 20.3. The molecular formula is C45H57N3O8S3. The van der Waals surface area contributed by atoms with Crippen LogP contribution in [0, 0.1) is 0 Å². The van der Waals surface area contributed by atoms with Crippen molar-refractivity contribution in [2.24, 2.45) is 0 Å². The number of fused-ring (bicyclic) bond motifs is 2. The van der Waals surface area contributed by atoms with Crippen molar-refractivity contribution >= 4 is 41.6 Å². The molecule has 0 saturated carbocycles. The lowest BCUT2D eigenvalue weighted by Gasteiger charge is -2.32. The molecule has 3 aromatic carbocycles. The number of hydrogen-bond donors (Lipinski definition) is 2. The van der Waals surface area contributed by atoms with E-state index in [1.807, 2.05) is 60.7 Å². The molecule has 0 spiro atoms. The Bertz CT molecular complexity index is 2490. The van der Waals surface area contributed by atoms with Crippen LogP contribution in [0.4, 0.5) is 11.4 Å². The molecule has 0 amide bonds. The number of para-hydroxylation sites is 2. The Kier molecular flexibility index (Phi) is 13.1. The first kappa shape index (κ1) is 44.3. The molecule has 0 bridgehead atoms. The highest BCUT2D eigenvalue weighted by Gasteiger charge is 2.43. The average molecular weight is 864 g/mol. The highest BCUT2D eigenvalue weighted by molar-refractivity contribution is 7.88. The zero-order valence-corrected chi connectivity index (χ0v) is 37.0. The van der Waals surface area contributed by atoms with E-state index in [1.54, 1.807) is 7.05 Å². The summed E-state index contributed by atoms with van der Waals surface area (Å²) < 4.78 is 94.5. The molecule has 3 aliphatic rings. The van der Waals surface area contributed by atoms with E-state index >= 15 is 0 Å². The second-order valence-electron chi connectivity index (χ2n) is 16.8. The fourth-order valence-corrected chi connectivity index (χ4v) is 11.4. The number of rotatable bonds is 17. The summed E-state index contributed by atoms with van der Waals surface area (Å²) in [5.41, 5.74) is 7.78. The molecule has 0 radical (unpaired) electrons. The number of hydrogen-bond acceptors (Lipinski definition) is 8. The second-order valence-corrected chi connectivity index (χ2v) is 22.0. The molecule has 2 aliphatic heterocycles. The first-order chi connectivity index (χ1) is 27.7. The van der Waals surface area contributed by atoms with Crippen LogP contribution in [0.25, 0.3) is 0 Å². The maximum absolute atomic E-state index is 14.2. The maximum Gasteiger partial charge on any atom is 0.264 e. The predicted octanol–water partition coefficient (Wildman–Crippen LogP) is 8.16. The van der Waals surface area contributed by atoms with Gasteiger partial charge in [-0.25, -0.2) is 8.42 Å². The number of sulfonamides is 1. The lowest BCUT2D eigenvalue weighted by atomic mass is 9.80. The maximum atomic E-state index is 14.2. The first-order valence-corrected chi connectivity index (χ1v) is 25.0.